The molecular weight excluding hydrogens is 366 g/mol. The number of carbonyl (C=O) groups is 1. The summed E-state index contributed by atoms with van der Waals surface area (Å²) in [4.78, 5) is 40.9. The van der Waals surface area contributed by atoms with Crippen LogP contribution in [0.5, 0.6) is 0 Å². The highest BCUT2D eigenvalue weighted by atomic mass is 32.2. The van der Waals surface area contributed by atoms with Gasteiger partial charge in [-0.05, 0) is 31.7 Å². The molecule has 0 spiro atoms. The Bertz CT molecular complexity index is 1010. The number of aryl methyl sites for hydroxylation is 3. The van der Waals surface area contributed by atoms with Crippen molar-refractivity contribution in [2.45, 2.75) is 50.4 Å². The maximum absolute atomic E-state index is 12.3. The second-order valence-corrected chi connectivity index (χ2v) is 7.93. The third-order valence-electron chi connectivity index (χ3n) is 4.91. The van der Waals surface area contributed by atoms with E-state index in [4.69, 9.17) is 0 Å². The first-order valence-corrected chi connectivity index (χ1v) is 10.1. The van der Waals surface area contributed by atoms with Gasteiger partial charge >= 0.3 is 0 Å². The molecule has 0 unspecified atom stereocenters. The van der Waals surface area contributed by atoms with Crippen LogP contribution < -0.4 is 16.4 Å². The normalized spacial score (nSPS) is 17.6. The Hall–Kier alpha value is -2.42. The lowest BCUT2D eigenvalue weighted by Crippen LogP contribution is -2.34. The first-order valence-electron chi connectivity index (χ1n) is 9.11. The molecule has 0 aromatic carbocycles. The summed E-state index contributed by atoms with van der Waals surface area (Å²) in [7, 11) is 0. The van der Waals surface area contributed by atoms with Gasteiger partial charge in [0.1, 0.15) is 0 Å². The minimum absolute atomic E-state index is 0.116. The van der Waals surface area contributed by atoms with Gasteiger partial charge < -0.3 is 5.32 Å². The van der Waals surface area contributed by atoms with Crippen molar-refractivity contribution in [1.29, 1.82) is 0 Å². The van der Waals surface area contributed by atoms with Crippen molar-refractivity contribution in [2.24, 2.45) is 0 Å². The van der Waals surface area contributed by atoms with E-state index in [-0.39, 0.29) is 29.5 Å². The van der Waals surface area contributed by atoms with Crippen LogP contribution in [0.15, 0.2) is 26.9 Å². The molecule has 1 atom stereocenters. The number of amides is 1. The molecule has 2 aromatic rings. The van der Waals surface area contributed by atoms with E-state index in [0.29, 0.717) is 29.7 Å². The minimum atomic E-state index is -0.188. The number of nitrogens with zero attached hydrogens (tertiary/aromatic N) is 4. The monoisotopic (exact) mass is 387 g/mol. The fourth-order valence-corrected chi connectivity index (χ4v) is 4.79. The second-order valence-electron chi connectivity index (χ2n) is 6.94. The maximum Gasteiger partial charge on any atom is 0.267 e. The molecule has 0 radical (unpaired) electrons. The molecule has 3 heterocycles. The number of fused-ring (bicyclic) bond motifs is 2. The van der Waals surface area contributed by atoms with Gasteiger partial charge in [-0.25, -0.2) is 9.67 Å². The lowest BCUT2D eigenvalue weighted by Gasteiger charge is -2.13. The van der Waals surface area contributed by atoms with Gasteiger partial charge in [0.15, 0.2) is 5.16 Å². The van der Waals surface area contributed by atoms with E-state index in [1.165, 1.54) is 22.5 Å². The smallest absolute Gasteiger partial charge is 0.267 e. The van der Waals surface area contributed by atoms with E-state index in [9.17, 15) is 14.4 Å². The summed E-state index contributed by atoms with van der Waals surface area (Å²) in [6, 6.07) is 2.96. The summed E-state index contributed by atoms with van der Waals surface area (Å²) in [5.74, 6) is 0.514. The van der Waals surface area contributed by atoms with Crippen LogP contribution in [0.1, 0.15) is 35.8 Å². The Kier molecular flexibility index (Phi) is 4.86. The van der Waals surface area contributed by atoms with Gasteiger partial charge in [-0.15, -0.1) is 0 Å². The lowest BCUT2D eigenvalue weighted by molar-refractivity contribution is -0.121. The molecule has 2 aliphatic rings. The molecule has 4 rings (SSSR count). The number of thioether (sulfide) groups is 1. The minimum Gasteiger partial charge on any atom is -0.354 e. The van der Waals surface area contributed by atoms with Gasteiger partial charge in [0, 0.05) is 36.5 Å². The second kappa shape index (κ2) is 7.30. The fourth-order valence-electron chi connectivity index (χ4n) is 3.60. The van der Waals surface area contributed by atoms with Crippen molar-refractivity contribution in [3.8, 4) is 0 Å². The van der Waals surface area contributed by atoms with Crippen molar-refractivity contribution in [3.63, 3.8) is 0 Å². The number of carbonyl (C=O) groups excluding carboxylic acids is 1. The summed E-state index contributed by atoms with van der Waals surface area (Å²) in [6.07, 6.45) is 3.08. The van der Waals surface area contributed by atoms with Gasteiger partial charge in [0.05, 0.1) is 18.3 Å². The zero-order valence-electron chi connectivity index (χ0n) is 15.1. The number of hydrogen-bond donors (Lipinski definition) is 1. The van der Waals surface area contributed by atoms with Gasteiger partial charge in [0.2, 0.25) is 5.91 Å². The molecule has 0 bridgehead atoms. The zero-order chi connectivity index (χ0) is 19.0. The van der Waals surface area contributed by atoms with Gasteiger partial charge in [-0.2, -0.15) is 5.10 Å². The average Bonchev–Trinajstić information content (AvgIpc) is 3.21. The van der Waals surface area contributed by atoms with Crippen LogP contribution in [0.2, 0.25) is 0 Å². The van der Waals surface area contributed by atoms with Crippen LogP contribution in [0.3, 0.4) is 0 Å². The summed E-state index contributed by atoms with van der Waals surface area (Å²) in [5, 5.41) is 7.90. The molecule has 9 heteroatoms. The molecule has 1 aliphatic heterocycles. The predicted octanol–water partition coefficient (Wildman–Crippen LogP) is 0.450. The Morgan fingerprint density at radius 1 is 1.30 bits per heavy atom. The van der Waals surface area contributed by atoms with E-state index in [1.54, 1.807) is 17.6 Å². The van der Waals surface area contributed by atoms with Crippen LogP contribution in [0.4, 0.5) is 0 Å². The summed E-state index contributed by atoms with van der Waals surface area (Å²) in [6.45, 7) is 2.46. The summed E-state index contributed by atoms with van der Waals surface area (Å²) < 4.78 is 3.02. The average molecular weight is 387 g/mol. The van der Waals surface area contributed by atoms with E-state index in [2.05, 4.69) is 15.4 Å². The van der Waals surface area contributed by atoms with E-state index in [1.807, 2.05) is 0 Å². The predicted molar refractivity (Wildman–Crippen MR) is 101 cm³/mol. The molecule has 1 N–H and O–H groups in total. The molecule has 0 saturated heterocycles. The van der Waals surface area contributed by atoms with E-state index < -0.39 is 0 Å². The molecular formula is C18H21N5O3S. The van der Waals surface area contributed by atoms with Crippen LogP contribution in [-0.2, 0) is 24.2 Å². The largest absolute Gasteiger partial charge is 0.354 e. The van der Waals surface area contributed by atoms with Crippen molar-refractivity contribution in [2.75, 3.05) is 12.3 Å². The quantitative estimate of drug-likeness (QED) is 0.748. The van der Waals surface area contributed by atoms with Crippen LogP contribution in [0, 0.1) is 6.92 Å². The highest BCUT2D eigenvalue weighted by Crippen LogP contribution is 2.31. The topological polar surface area (TPSA) is 98.9 Å². The van der Waals surface area contributed by atoms with Crippen LogP contribution in [-0.4, -0.2) is 37.5 Å². The lowest BCUT2D eigenvalue weighted by atomic mass is 10.2. The molecule has 1 amide bonds. The highest BCUT2D eigenvalue weighted by Gasteiger charge is 2.27. The van der Waals surface area contributed by atoms with E-state index in [0.717, 1.165) is 30.5 Å². The number of rotatable bonds is 5. The Morgan fingerprint density at radius 3 is 3.00 bits per heavy atom. The van der Waals surface area contributed by atoms with Crippen molar-refractivity contribution in [1.82, 2.24) is 24.6 Å². The molecule has 8 nitrogen and oxygen atoms in total. The third-order valence-corrected chi connectivity index (χ3v) is 6.01. The van der Waals surface area contributed by atoms with Crippen LogP contribution >= 0.6 is 11.8 Å². The van der Waals surface area contributed by atoms with Gasteiger partial charge in [0.25, 0.3) is 11.1 Å². The third kappa shape index (κ3) is 3.69. The zero-order valence-corrected chi connectivity index (χ0v) is 15.9. The maximum atomic E-state index is 12.3. The molecule has 2 aromatic heterocycles. The van der Waals surface area contributed by atoms with Gasteiger partial charge in [-0.3, -0.25) is 19.0 Å². The summed E-state index contributed by atoms with van der Waals surface area (Å²) >= 11 is 1.50. The first kappa shape index (κ1) is 18.0. The molecule has 1 aliphatic carbocycles. The first-order chi connectivity index (χ1) is 13.0. The van der Waals surface area contributed by atoms with Crippen molar-refractivity contribution >= 4 is 17.7 Å². The molecule has 27 heavy (non-hydrogen) atoms. The summed E-state index contributed by atoms with van der Waals surface area (Å²) in [5.41, 5.74) is 2.49. The molecule has 0 saturated carbocycles. The Labute approximate surface area is 160 Å². The SMILES string of the molecule is Cc1cc(=O)n2c(n1)SC[C@@H]2CC(=O)NCCn1nc2c(cc1=O)CCC2. The van der Waals surface area contributed by atoms with Crippen molar-refractivity contribution < 1.29 is 4.79 Å². The standard InChI is InChI=1S/C18H21N5O3S/c1-11-7-17(26)23-13(10-27-18(23)20-11)9-15(24)19-5-6-22-16(25)8-12-3-2-4-14(12)21-22/h7-8,13H,2-6,9-10H2,1H3,(H,19,24)/t13-/m0/s1. The Balaban J connectivity index is 1.34. The highest BCUT2D eigenvalue weighted by molar-refractivity contribution is 7.99. The number of nitrogens with one attached hydrogen (secondary N) is 1. The Morgan fingerprint density at radius 2 is 2.15 bits per heavy atom. The fraction of sp³-hybridized carbons (Fsp3) is 0.500. The number of hydrogen-bond acceptors (Lipinski definition) is 6. The van der Waals surface area contributed by atoms with Crippen LogP contribution in [0.25, 0.3) is 0 Å². The van der Waals surface area contributed by atoms with Crippen molar-refractivity contribution in [3.05, 3.63) is 49.8 Å². The molecule has 0 fully saturated rings. The van der Waals surface area contributed by atoms with E-state index >= 15 is 0 Å². The molecule has 142 valence electrons. The number of aromatic nitrogens is 4. The van der Waals surface area contributed by atoms with Gasteiger partial charge in [-0.1, -0.05) is 11.8 Å².